The number of rotatable bonds is 5. The molecule has 0 spiro atoms. The lowest BCUT2D eigenvalue weighted by molar-refractivity contribution is -0.137. The molecule has 0 radical (unpaired) electrons. The highest BCUT2D eigenvalue weighted by Crippen LogP contribution is 2.43. The van der Waals surface area contributed by atoms with Crippen LogP contribution in [0.2, 0.25) is 0 Å². The van der Waals surface area contributed by atoms with Gasteiger partial charge in [-0.15, -0.1) is 0 Å². The molecule has 0 fully saturated rings. The molecule has 1 aliphatic rings. The number of hydrogen-bond acceptors (Lipinski definition) is 4. The third-order valence-corrected chi connectivity index (χ3v) is 6.57. The minimum atomic E-state index is -4.52. The Morgan fingerprint density at radius 3 is 2.38 bits per heavy atom. The lowest BCUT2D eigenvalue weighted by Crippen LogP contribution is -2.23. The predicted molar refractivity (Wildman–Crippen MR) is 114 cm³/mol. The first-order chi connectivity index (χ1) is 15.0. The van der Waals surface area contributed by atoms with Crippen molar-refractivity contribution < 1.29 is 30.5 Å². The van der Waals surface area contributed by atoms with Crippen LogP contribution < -0.4 is 4.74 Å². The van der Waals surface area contributed by atoms with Gasteiger partial charge in [-0.05, 0) is 49.2 Å². The van der Waals surface area contributed by atoms with E-state index in [1.54, 1.807) is 30.3 Å². The van der Waals surface area contributed by atoms with Gasteiger partial charge in [-0.2, -0.15) is 21.6 Å². The van der Waals surface area contributed by atoms with E-state index in [1.165, 1.54) is 12.1 Å². The molecular weight excluding hydrogens is 441 g/mol. The molecule has 3 aromatic rings. The Morgan fingerprint density at radius 1 is 1.00 bits per heavy atom. The van der Waals surface area contributed by atoms with Gasteiger partial charge in [0, 0.05) is 12.0 Å². The molecule has 0 N–H and O–H groups in total. The molecule has 0 aliphatic carbocycles. The molecule has 0 saturated carbocycles. The number of benzene rings is 3. The number of halogens is 3. The highest BCUT2D eigenvalue weighted by Gasteiger charge is 2.36. The summed E-state index contributed by atoms with van der Waals surface area (Å²) in [5.74, 6) is 0.324. The summed E-state index contributed by atoms with van der Waals surface area (Å²) < 4.78 is 76.5. The van der Waals surface area contributed by atoms with Gasteiger partial charge >= 0.3 is 6.18 Å². The average Bonchev–Trinajstić information content (AvgIpc) is 3.14. The highest BCUT2D eigenvalue weighted by atomic mass is 32.2. The third-order valence-electron chi connectivity index (χ3n) is 5.27. The van der Waals surface area contributed by atoms with Crippen molar-refractivity contribution in [1.82, 2.24) is 0 Å². The number of hydrogen-bond donors (Lipinski definition) is 0. The summed E-state index contributed by atoms with van der Waals surface area (Å²) in [7, 11) is -4.01. The molecule has 8 heteroatoms. The fourth-order valence-electron chi connectivity index (χ4n) is 3.66. The summed E-state index contributed by atoms with van der Waals surface area (Å²) in [6.07, 6.45) is -5.13. The zero-order valence-corrected chi connectivity index (χ0v) is 18.3. The van der Waals surface area contributed by atoms with Gasteiger partial charge in [-0.1, -0.05) is 47.5 Å². The molecule has 32 heavy (non-hydrogen) atoms. The second-order valence-corrected chi connectivity index (χ2v) is 9.49. The zero-order valence-electron chi connectivity index (χ0n) is 17.4. The van der Waals surface area contributed by atoms with E-state index in [9.17, 15) is 21.6 Å². The van der Waals surface area contributed by atoms with Crippen molar-refractivity contribution in [3.05, 3.63) is 82.9 Å². The van der Waals surface area contributed by atoms with Crippen molar-refractivity contribution in [3.8, 4) is 16.9 Å². The van der Waals surface area contributed by atoms with Gasteiger partial charge in [0.2, 0.25) is 0 Å². The molecule has 0 aromatic heterocycles. The third kappa shape index (κ3) is 4.66. The standard InChI is InChI=1S/C24H21F3O4S/c1-15-6-8-21(9-7-15)32(28,29)30-14-20-12-18-11-19(24(25,26)27)13-22(23(18)31-20)17-5-3-4-16(2)10-17/h3-11,13,20H,12,14H2,1-2H3. The minimum absolute atomic E-state index is 0.0124. The largest absolute Gasteiger partial charge is 0.487 e. The van der Waals surface area contributed by atoms with Crippen LogP contribution >= 0.6 is 0 Å². The van der Waals surface area contributed by atoms with Crippen LogP contribution in [-0.4, -0.2) is 21.1 Å². The van der Waals surface area contributed by atoms with Crippen LogP contribution in [0.3, 0.4) is 0 Å². The van der Waals surface area contributed by atoms with E-state index < -0.39 is 28.0 Å². The van der Waals surface area contributed by atoms with Crippen LogP contribution in [0.5, 0.6) is 5.75 Å². The number of fused-ring (bicyclic) bond motifs is 1. The van der Waals surface area contributed by atoms with Crippen LogP contribution in [0.25, 0.3) is 11.1 Å². The number of ether oxygens (including phenoxy) is 1. The Hall–Kier alpha value is -2.84. The summed E-state index contributed by atoms with van der Waals surface area (Å²) >= 11 is 0. The Labute approximate surface area is 184 Å². The zero-order chi connectivity index (χ0) is 23.1. The lowest BCUT2D eigenvalue weighted by atomic mass is 9.96. The summed E-state index contributed by atoms with van der Waals surface area (Å²) in [6.45, 7) is 3.38. The van der Waals surface area contributed by atoms with Crippen molar-refractivity contribution in [1.29, 1.82) is 0 Å². The van der Waals surface area contributed by atoms with Gasteiger partial charge in [-0.25, -0.2) is 0 Å². The van der Waals surface area contributed by atoms with E-state index in [4.69, 9.17) is 8.92 Å². The first-order valence-corrected chi connectivity index (χ1v) is 11.4. The van der Waals surface area contributed by atoms with Gasteiger partial charge in [0.15, 0.2) is 0 Å². The summed E-state index contributed by atoms with van der Waals surface area (Å²) in [5.41, 5.74) is 2.32. The Morgan fingerprint density at radius 2 is 1.72 bits per heavy atom. The topological polar surface area (TPSA) is 52.6 Å². The Kier molecular flexibility index (Phi) is 5.77. The van der Waals surface area contributed by atoms with Crippen LogP contribution in [0, 0.1) is 13.8 Å². The molecule has 4 nitrogen and oxygen atoms in total. The molecule has 4 rings (SSSR count). The number of aryl methyl sites for hydroxylation is 2. The second-order valence-electron chi connectivity index (χ2n) is 7.87. The van der Waals surface area contributed by atoms with E-state index in [0.717, 1.165) is 23.3 Å². The fourth-order valence-corrected chi connectivity index (χ4v) is 4.59. The Balaban J connectivity index is 1.61. The minimum Gasteiger partial charge on any atom is -0.487 e. The molecule has 168 valence electrons. The monoisotopic (exact) mass is 462 g/mol. The first kappa shape index (κ1) is 22.4. The van der Waals surface area contributed by atoms with Crippen LogP contribution in [0.4, 0.5) is 13.2 Å². The van der Waals surface area contributed by atoms with Crippen molar-refractivity contribution in [3.63, 3.8) is 0 Å². The van der Waals surface area contributed by atoms with E-state index in [0.29, 0.717) is 22.4 Å². The van der Waals surface area contributed by atoms with E-state index >= 15 is 0 Å². The predicted octanol–water partition coefficient (Wildman–Crippen LogP) is 5.70. The SMILES string of the molecule is Cc1ccc(S(=O)(=O)OCC2Cc3cc(C(F)(F)F)cc(-c4cccc(C)c4)c3O2)cc1. The Bertz CT molecular complexity index is 1250. The van der Waals surface area contributed by atoms with Crippen LogP contribution in [0.15, 0.2) is 65.6 Å². The molecule has 1 aliphatic heterocycles. The fraction of sp³-hybridized carbons (Fsp3) is 0.250. The van der Waals surface area contributed by atoms with E-state index in [-0.39, 0.29) is 17.9 Å². The van der Waals surface area contributed by atoms with E-state index in [2.05, 4.69) is 0 Å². The molecule has 1 unspecified atom stereocenters. The maximum atomic E-state index is 13.5. The molecule has 0 bridgehead atoms. The van der Waals surface area contributed by atoms with Gasteiger partial charge in [0.25, 0.3) is 10.1 Å². The summed E-state index contributed by atoms with van der Waals surface area (Å²) in [5, 5.41) is 0. The normalized spacial score (nSPS) is 16.0. The maximum absolute atomic E-state index is 13.5. The molecule has 0 saturated heterocycles. The van der Waals surface area contributed by atoms with Crippen LogP contribution in [-0.2, 0) is 26.9 Å². The highest BCUT2D eigenvalue weighted by molar-refractivity contribution is 7.86. The molecule has 1 heterocycles. The van der Waals surface area contributed by atoms with Gasteiger partial charge < -0.3 is 4.74 Å². The lowest BCUT2D eigenvalue weighted by Gasteiger charge is -2.15. The molecule has 3 aromatic carbocycles. The second kappa shape index (κ2) is 8.26. The number of alkyl halides is 3. The summed E-state index contributed by atoms with van der Waals surface area (Å²) in [4.78, 5) is 0.0124. The van der Waals surface area contributed by atoms with Gasteiger partial charge in [-0.3, -0.25) is 4.18 Å². The van der Waals surface area contributed by atoms with Gasteiger partial charge in [0.05, 0.1) is 10.5 Å². The molecular formula is C24H21F3O4S. The maximum Gasteiger partial charge on any atom is 0.416 e. The van der Waals surface area contributed by atoms with E-state index in [1.807, 2.05) is 19.9 Å². The van der Waals surface area contributed by atoms with Gasteiger partial charge in [0.1, 0.15) is 18.5 Å². The first-order valence-electron chi connectivity index (χ1n) is 9.97. The molecule has 1 atom stereocenters. The van der Waals surface area contributed by atoms with Crippen molar-refractivity contribution in [2.75, 3.05) is 6.61 Å². The van der Waals surface area contributed by atoms with Crippen molar-refractivity contribution in [2.45, 2.75) is 37.4 Å². The average molecular weight is 462 g/mol. The quantitative estimate of drug-likeness (QED) is 0.457. The van der Waals surface area contributed by atoms with Crippen molar-refractivity contribution >= 4 is 10.1 Å². The van der Waals surface area contributed by atoms with Crippen LogP contribution in [0.1, 0.15) is 22.3 Å². The van der Waals surface area contributed by atoms with Crippen molar-refractivity contribution in [2.24, 2.45) is 0 Å². The smallest absolute Gasteiger partial charge is 0.416 e. The summed E-state index contributed by atoms with van der Waals surface area (Å²) in [6, 6.07) is 15.5. The molecule has 0 amide bonds.